The first-order chi connectivity index (χ1) is 14.0. The molecule has 4 aliphatic rings. The maximum atomic E-state index is 12.9. The van der Waals surface area contributed by atoms with Crippen LogP contribution in [-0.4, -0.2) is 62.3 Å². The summed E-state index contributed by atoms with van der Waals surface area (Å²) in [5.41, 5.74) is 2.02. The molecule has 1 aromatic carbocycles. The number of piperidine rings is 1. The second-order valence-electron chi connectivity index (χ2n) is 9.52. The summed E-state index contributed by atoms with van der Waals surface area (Å²) in [6.07, 6.45) is 5.73. The van der Waals surface area contributed by atoms with Crippen LogP contribution in [0.4, 0.5) is 0 Å². The smallest absolute Gasteiger partial charge is 0.134 e. The van der Waals surface area contributed by atoms with Crippen LogP contribution in [0.15, 0.2) is 18.2 Å². The molecule has 1 aromatic rings. The maximum Gasteiger partial charge on any atom is 0.134 e. The molecule has 2 unspecified atom stereocenters. The highest BCUT2D eigenvalue weighted by Gasteiger charge is 2.68. The Morgan fingerprint density at radius 1 is 1.28 bits per heavy atom. The van der Waals surface area contributed by atoms with Crippen molar-refractivity contribution in [3.8, 4) is 5.75 Å². The van der Waals surface area contributed by atoms with Gasteiger partial charge in [-0.15, -0.1) is 0 Å². The number of hydrogen-bond donors (Lipinski definition) is 0. The Morgan fingerprint density at radius 2 is 2.14 bits per heavy atom. The Kier molecular flexibility index (Phi) is 4.76. The highest BCUT2D eigenvalue weighted by molar-refractivity contribution is 5.83. The maximum absolute atomic E-state index is 12.9. The van der Waals surface area contributed by atoms with E-state index in [9.17, 15) is 4.79 Å². The summed E-state index contributed by atoms with van der Waals surface area (Å²) >= 11 is 0. The Morgan fingerprint density at radius 3 is 2.86 bits per heavy atom. The molecule has 2 aliphatic heterocycles. The Labute approximate surface area is 173 Å². The molecule has 2 aliphatic carbocycles. The zero-order valence-electron chi connectivity index (χ0n) is 17.9. The third-order valence-electron chi connectivity index (χ3n) is 8.32. The van der Waals surface area contributed by atoms with Crippen molar-refractivity contribution in [3.63, 3.8) is 0 Å². The van der Waals surface area contributed by atoms with Gasteiger partial charge in [0.15, 0.2) is 0 Å². The number of carbonyl (C=O) groups is 1. The van der Waals surface area contributed by atoms with Gasteiger partial charge in [0.1, 0.15) is 11.5 Å². The second kappa shape index (κ2) is 7.07. The zero-order chi connectivity index (χ0) is 20.2. The van der Waals surface area contributed by atoms with Gasteiger partial charge in [0, 0.05) is 44.6 Å². The van der Waals surface area contributed by atoms with Crippen LogP contribution in [0.2, 0.25) is 0 Å². The van der Waals surface area contributed by atoms with Crippen molar-refractivity contribution >= 4 is 5.78 Å². The van der Waals surface area contributed by atoms with Crippen molar-refractivity contribution in [3.05, 3.63) is 29.3 Å². The van der Waals surface area contributed by atoms with Crippen molar-refractivity contribution in [1.29, 1.82) is 0 Å². The van der Waals surface area contributed by atoms with Gasteiger partial charge < -0.3 is 14.2 Å². The van der Waals surface area contributed by atoms with Crippen LogP contribution in [0.25, 0.3) is 0 Å². The number of nitrogens with zero attached hydrogens (tertiary/aromatic N) is 1. The van der Waals surface area contributed by atoms with Crippen molar-refractivity contribution in [2.75, 3.05) is 33.9 Å². The summed E-state index contributed by atoms with van der Waals surface area (Å²) in [5, 5.41) is 0. The molecule has 0 aromatic heterocycles. The molecule has 0 radical (unpaired) electrons. The van der Waals surface area contributed by atoms with Gasteiger partial charge in [0.25, 0.3) is 0 Å². The molecule has 5 nitrogen and oxygen atoms in total. The van der Waals surface area contributed by atoms with E-state index in [2.05, 4.69) is 30.0 Å². The molecule has 5 heteroatoms. The van der Waals surface area contributed by atoms with Gasteiger partial charge in [-0.2, -0.15) is 0 Å². The number of Topliss-reactive ketones (excluding diaryl/α,β-unsaturated/α-hetero) is 1. The number of fused-ring (bicyclic) bond motifs is 1. The molecule has 158 valence electrons. The predicted octanol–water partition coefficient (Wildman–Crippen LogP) is 3.13. The molecule has 3 fully saturated rings. The fourth-order valence-electron chi connectivity index (χ4n) is 7.24. The van der Waals surface area contributed by atoms with Crippen LogP contribution in [0.3, 0.4) is 0 Å². The fraction of sp³-hybridized carbons (Fsp3) is 0.708. The summed E-state index contributed by atoms with van der Waals surface area (Å²) in [6.45, 7) is 5.07. The third kappa shape index (κ3) is 2.67. The summed E-state index contributed by atoms with van der Waals surface area (Å²) in [7, 11) is 3.59. The first-order valence-corrected chi connectivity index (χ1v) is 11.1. The van der Waals surface area contributed by atoms with Crippen molar-refractivity contribution in [2.45, 2.75) is 68.6 Å². The number of ketones is 1. The predicted molar refractivity (Wildman–Crippen MR) is 110 cm³/mol. The van der Waals surface area contributed by atoms with Crippen LogP contribution in [0.5, 0.6) is 5.75 Å². The second-order valence-corrected chi connectivity index (χ2v) is 9.52. The van der Waals surface area contributed by atoms with E-state index in [4.69, 9.17) is 14.2 Å². The summed E-state index contributed by atoms with van der Waals surface area (Å²) < 4.78 is 18.1. The molecule has 1 saturated carbocycles. The number of ether oxygens (including phenoxy) is 3. The summed E-state index contributed by atoms with van der Waals surface area (Å²) in [6, 6.07) is 6.72. The molecule has 5 atom stereocenters. The molecule has 0 amide bonds. The number of likely N-dealkylation sites (tertiary alicyclic amines) is 1. The SMILES string of the molecule is COc1ccc2c(c1)[C@]13CCN(CC4CCCO4)[C@H](C2)C1(OC)[C@H](C)CC(=O)C3. The zero-order valence-corrected chi connectivity index (χ0v) is 17.9. The van der Waals surface area contributed by atoms with Crippen molar-refractivity contribution in [1.82, 2.24) is 4.90 Å². The minimum atomic E-state index is -0.350. The largest absolute Gasteiger partial charge is 0.497 e. The molecule has 0 spiro atoms. The Bertz CT molecular complexity index is 804. The minimum Gasteiger partial charge on any atom is -0.497 e. The summed E-state index contributed by atoms with van der Waals surface area (Å²) in [4.78, 5) is 15.5. The van der Waals surface area contributed by atoms with Crippen molar-refractivity contribution < 1.29 is 19.0 Å². The van der Waals surface area contributed by atoms with Gasteiger partial charge in [-0.25, -0.2) is 0 Å². The van der Waals surface area contributed by atoms with Crippen LogP contribution in [-0.2, 0) is 26.1 Å². The van der Waals surface area contributed by atoms with E-state index in [1.54, 1.807) is 7.11 Å². The molecule has 2 bridgehead atoms. The highest BCUT2D eigenvalue weighted by atomic mass is 16.5. The monoisotopic (exact) mass is 399 g/mol. The summed E-state index contributed by atoms with van der Waals surface area (Å²) in [5.74, 6) is 1.42. The van der Waals surface area contributed by atoms with E-state index >= 15 is 0 Å². The Balaban J connectivity index is 1.64. The molecule has 29 heavy (non-hydrogen) atoms. The van der Waals surface area contributed by atoms with E-state index in [0.29, 0.717) is 24.7 Å². The first kappa shape index (κ1) is 19.5. The standard InChI is InChI=1S/C24H33NO4/c1-16-11-18(26)14-23-8-9-25(15-20-5-4-10-29-20)22(24(16,23)28-3)12-17-6-7-19(27-2)13-21(17)23/h6-7,13,16,20,22H,4-5,8-12,14-15H2,1-3H3/t16-,20?,22-,23-,24?/m1/s1. The number of benzene rings is 1. The number of rotatable bonds is 4. The van der Waals surface area contributed by atoms with Gasteiger partial charge >= 0.3 is 0 Å². The minimum absolute atomic E-state index is 0.186. The van der Waals surface area contributed by atoms with Crippen LogP contribution in [0, 0.1) is 5.92 Å². The van der Waals surface area contributed by atoms with Gasteiger partial charge in [-0.3, -0.25) is 9.69 Å². The lowest BCUT2D eigenvalue weighted by Gasteiger charge is -2.67. The van der Waals surface area contributed by atoms with Crippen LogP contribution >= 0.6 is 0 Å². The lowest BCUT2D eigenvalue weighted by atomic mass is 9.46. The van der Waals surface area contributed by atoms with Gasteiger partial charge in [0.2, 0.25) is 0 Å². The first-order valence-electron chi connectivity index (χ1n) is 11.1. The molecular weight excluding hydrogens is 366 g/mol. The van der Waals surface area contributed by atoms with Crippen LogP contribution < -0.4 is 4.74 Å². The van der Waals surface area contributed by atoms with Gasteiger partial charge in [-0.1, -0.05) is 13.0 Å². The number of carbonyl (C=O) groups excluding carboxylic acids is 1. The number of methoxy groups -OCH3 is 2. The van der Waals surface area contributed by atoms with Crippen molar-refractivity contribution in [2.24, 2.45) is 5.92 Å². The van der Waals surface area contributed by atoms with Gasteiger partial charge in [-0.05, 0) is 61.4 Å². The molecule has 2 heterocycles. The molecular formula is C24H33NO4. The fourth-order valence-corrected chi connectivity index (χ4v) is 7.24. The quantitative estimate of drug-likeness (QED) is 0.779. The Hall–Kier alpha value is -1.43. The molecule has 0 N–H and O–H groups in total. The van der Waals surface area contributed by atoms with E-state index < -0.39 is 0 Å². The van der Waals surface area contributed by atoms with E-state index in [1.165, 1.54) is 11.1 Å². The van der Waals surface area contributed by atoms with E-state index in [-0.39, 0.29) is 23.0 Å². The van der Waals surface area contributed by atoms with Gasteiger partial charge in [0.05, 0.1) is 18.8 Å². The lowest BCUT2D eigenvalue weighted by molar-refractivity contribution is -0.212. The third-order valence-corrected chi connectivity index (χ3v) is 8.32. The average molecular weight is 400 g/mol. The van der Waals surface area contributed by atoms with E-state index in [0.717, 1.165) is 51.1 Å². The highest BCUT2D eigenvalue weighted by Crippen LogP contribution is 2.61. The van der Waals surface area contributed by atoms with Crippen LogP contribution in [0.1, 0.15) is 50.2 Å². The normalized spacial score (nSPS) is 39.1. The topological polar surface area (TPSA) is 48.0 Å². The van der Waals surface area contributed by atoms with E-state index in [1.807, 2.05) is 7.11 Å². The molecule has 5 rings (SSSR count). The number of hydrogen-bond acceptors (Lipinski definition) is 5. The molecule has 2 saturated heterocycles. The lowest BCUT2D eigenvalue weighted by Crippen LogP contribution is -2.76. The average Bonchev–Trinajstić information content (AvgIpc) is 3.22.